The highest BCUT2D eigenvalue weighted by atomic mass is 16.3. The minimum atomic E-state index is -0.305. The Bertz CT molecular complexity index is 505. The standard InChI is InChI=1S/C16H23N3O/c1-12(2)16(20)11-17-13(3)14-5-7-15(8-6-14)19-10-4-9-18-19/h4-10,12-13,16-17,20H,11H2,1-3H3. The molecule has 4 nitrogen and oxygen atoms in total. The molecule has 0 saturated carbocycles. The summed E-state index contributed by atoms with van der Waals surface area (Å²) in [5.74, 6) is 0.275. The van der Waals surface area contributed by atoms with Crippen molar-refractivity contribution in [2.45, 2.75) is 32.9 Å². The first kappa shape index (κ1) is 14.8. The van der Waals surface area contributed by atoms with Gasteiger partial charge in [0.1, 0.15) is 0 Å². The van der Waals surface area contributed by atoms with Gasteiger partial charge in [-0.1, -0.05) is 26.0 Å². The summed E-state index contributed by atoms with van der Waals surface area (Å²) in [6.07, 6.45) is 3.39. The third-order valence-corrected chi connectivity index (χ3v) is 3.56. The summed E-state index contributed by atoms with van der Waals surface area (Å²) in [4.78, 5) is 0. The number of hydrogen-bond acceptors (Lipinski definition) is 3. The molecule has 0 fully saturated rings. The molecule has 1 aromatic heterocycles. The number of aliphatic hydroxyl groups is 1. The summed E-state index contributed by atoms with van der Waals surface area (Å²) < 4.78 is 1.84. The molecule has 2 unspecified atom stereocenters. The second-order valence-corrected chi connectivity index (χ2v) is 5.48. The van der Waals surface area contributed by atoms with E-state index in [-0.39, 0.29) is 18.1 Å². The van der Waals surface area contributed by atoms with Gasteiger partial charge in [-0.2, -0.15) is 5.10 Å². The third-order valence-electron chi connectivity index (χ3n) is 3.56. The van der Waals surface area contributed by atoms with E-state index in [2.05, 4.69) is 41.6 Å². The van der Waals surface area contributed by atoms with Crippen molar-refractivity contribution < 1.29 is 5.11 Å². The Morgan fingerprint density at radius 3 is 2.45 bits per heavy atom. The van der Waals surface area contributed by atoms with E-state index in [1.165, 1.54) is 5.56 Å². The van der Waals surface area contributed by atoms with Crippen LogP contribution in [0.2, 0.25) is 0 Å². The van der Waals surface area contributed by atoms with Gasteiger partial charge in [0.2, 0.25) is 0 Å². The number of aromatic nitrogens is 2. The SMILES string of the molecule is CC(NCC(O)C(C)C)c1ccc(-n2cccn2)cc1. The lowest BCUT2D eigenvalue weighted by molar-refractivity contribution is 0.120. The molecule has 20 heavy (non-hydrogen) atoms. The minimum absolute atomic E-state index is 0.218. The summed E-state index contributed by atoms with van der Waals surface area (Å²) in [7, 11) is 0. The zero-order valence-corrected chi connectivity index (χ0v) is 12.3. The van der Waals surface area contributed by atoms with Crippen LogP contribution in [0.4, 0.5) is 0 Å². The summed E-state index contributed by atoms with van der Waals surface area (Å²) in [5, 5.41) is 17.4. The van der Waals surface area contributed by atoms with Crippen LogP contribution in [0.1, 0.15) is 32.4 Å². The zero-order valence-electron chi connectivity index (χ0n) is 12.3. The van der Waals surface area contributed by atoms with E-state index >= 15 is 0 Å². The van der Waals surface area contributed by atoms with Gasteiger partial charge in [0, 0.05) is 25.0 Å². The Labute approximate surface area is 120 Å². The van der Waals surface area contributed by atoms with E-state index in [9.17, 15) is 5.11 Å². The van der Waals surface area contributed by atoms with Crippen LogP contribution in [0.5, 0.6) is 0 Å². The Kier molecular flexibility index (Phi) is 4.93. The number of aliphatic hydroxyl groups excluding tert-OH is 1. The minimum Gasteiger partial charge on any atom is -0.392 e. The van der Waals surface area contributed by atoms with Crippen LogP contribution < -0.4 is 5.32 Å². The summed E-state index contributed by atoms with van der Waals surface area (Å²) in [5.41, 5.74) is 2.25. The Balaban J connectivity index is 1.96. The fraction of sp³-hybridized carbons (Fsp3) is 0.438. The Hall–Kier alpha value is -1.65. The maximum atomic E-state index is 9.82. The first-order valence-electron chi connectivity index (χ1n) is 7.09. The van der Waals surface area contributed by atoms with E-state index in [0.29, 0.717) is 6.54 Å². The molecule has 2 N–H and O–H groups in total. The molecule has 0 aliphatic carbocycles. The van der Waals surface area contributed by atoms with Gasteiger partial charge in [-0.25, -0.2) is 4.68 Å². The molecular weight excluding hydrogens is 250 g/mol. The predicted molar refractivity (Wildman–Crippen MR) is 80.8 cm³/mol. The van der Waals surface area contributed by atoms with Crippen molar-refractivity contribution in [1.82, 2.24) is 15.1 Å². The highest BCUT2D eigenvalue weighted by Crippen LogP contribution is 2.15. The van der Waals surface area contributed by atoms with E-state index in [4.69, 9.17) is 0 Å². The second-order valence-electron chi connectivity index (χ2n) is 5.48. The summed E-state index contributed by atoms with van der Waals surface area (Å²) in [6, 6.07) is 10.4. The molecule has 2 aromatic rings. The van der Waals surface area contributed by atoms with Crippen molar-refractivity contribution in [2.75, 3.05) is 6.54 Å². The fourth-order valence-electron chi connectivity index (χ4n) is 1.99. The number of nitrogens with zero attached hydrogens (tertiary/aromatic N) is 2. The van der Waals surface area contributed by atoms with Gasteiger partial charge in [-0.3, -0.25) is 0 Å². The number of benzene rings is 1. The van der Waals surface area contributed by atoms with Gasteiger partial charge in [0.15, 0.2) is 0 Å². The van der Waals surface area contributed by atoms with Crippen LogP contribution in [0.25, 0.3) is 5.69 Å². The molecule has 1 heterocycles. The van der Waals surface area contributed by atoms with Gasteiger partial charge < -0.3 is 10.4 Å². The van der Waals surface area contributed by atoms with Crippen molar-refractivity contribution in [3.63, 3.8) is 0 Å². The molecule has 0 amide bonds. The van der Waals surface area contributed by atoms with Gasteiger partial charge in [-0.05, 0) is 36.6 Å². The second kappa shape index (κ2) is 6.68. The van der Waals surface area contributed by atoms with Gasteiger partial charge >= 0.3 is 0 Å². The number of hydrogen-bond donors (Lipinski definition) is 2. The normalized spacial score (nSPS) is 14.4. The predicted octanol–water partition coefficient (Wildman–Crippen LogP) is 2.54. The van der Waals surface area contributed by atoms with Crippen molar-refractivity contribution in [2.24, 2.45) is 5.92 Å². The quantitative estimate of drug-likeness (QED) is 0.850. The average Bonchev–Trinajstić information content (AvgIpc) is 2.98. The zero-order chi connectivity index (χ0) is 14.5. The average molecular weight is 273 g/mol. The number of rotatable bonds is 6. The number of nitrogens with one attached hydrogen (secondary N) is 1. The van der Waals surface area contributed by atoms with Crippen LogP contribution >= 0.6 is 0 Å². The maximum absolute atomic E-state index is 9.82. The largest absolute Gasteiger partial charge is 0.392 e. The molecule has 1 aromatic carbocycles. The van der Waals surface area contributed by atoms with E-state index in [1.807, 2.05) is 30.8 Å². The highest BCUT2D eigenvalue weighted by Gasteiger charge is 2.11. The smallest absolute Gasteiger partial charge is 0.0687 e. The highest BCUT2D eigenvalue weighted by molar-refractivity contribution is 5.34. The molecule has 0 aliphatic heterocycles. The van der Waals surface area contributed by atoms with Crippen LogP contribution in [0, 0.1) is 5.92 Å². The Morgan fingerprint density at radius 2 is 1.90 bits per heavy atom. The van der Waals surface area contributed by atoms with Gasteiger partial charge in [0.05, 0.1) is 11.8 Å². The summed E-state index contributed by atoms with van der Waals surface area (Å²) in [6.45, 7) is 6.77. The van der Waals surface area contributed by atoms with Gasteiger partial charge in [0.25, 0.3) is 0 Å². The molecule has 2 rings (SSSR count). The molecular formula is C16H23N3O. The molecule has 0 spiro atoms. The third kappa shape index (κ3) is 3.68. The van der Waals surface area contributed by atoms with Crippen molar-refractivity contribution in [3.8, 4) is 5.69 Å². The van der Waals surface area contributed by atoms with Crippen molar-refractivity contribution >= 4 is 0 Å². The lowest BCUT2D eigenvalue weighted by atomic mass is 10.1. The molecule has 0 saturated heterocycles. The van der Waals surface area contributed by atoms with Crippen molar-refractivity contribution in [3.05, 3.63) is 48.3 Å². The summed E-state index contributed by atoms with van der Waals surface area (Å²) >= 11 is 0. The first-order chi connectivity index (χ1) is 9.58. The molecule has 0 radical (unpaired) electrons. The van der Waals surface area contributed by atoms with Crippen LogP contribution in [-0.2, 0) is 0 Å². The molecule has 0 bridgehead atoms. The topological polar surface area (TPSA) is 50.1 Å². The van der Waals surface area contributed by atoms with E-state index in [1.54, 1.807) is 6.20 Å². The van der Waals surface area contributed by atoms with E-state index < -0.39 is 0 Å². The molecule has 0 aliphatic rings. The van der Waals surface area contributed by atoms with Crippen LogP contribution in [-0.4, -0.2) is 27.5 Å². The van der Waals surface area contributed by atoms with Crippen LogP contribution in [0.15, 0.2) is 42.7 Å². The first-order valence-corrected chi connectivity index (χ1v) is 7.09. The Morgan fingerprint density at radius 1 is 1.20 bits per heavy atom. The van der Waals surface area contributed by atoms with E-state index in [0.717, 1.165) is 5.69 Å². The van der Waals surface area contributed by atoms with Crippen LogP contribution in [0.3, 0.4) is 0 Å². The molecule has 2 atom stereocenters. The molecule has 108 valence electrons. The fourth-order valence-corrected chi connectivity index (χ4v) is 1.99. The van der Waals surface area contributed by atoms with Crippen molar-refractivity contribution in [1.29, 1.82) is 0 Å². The monoisotopic (exact) mass is 273 g/mol. The molecule has 4 heteroatoms. The maximum Gasteiger partial charge on any atom is 0.0687 e. The van der Waals surface area contributed by atoms with Gasteiger partial charge in [-0.15, -0.1) is 0 Å². The lowest BCUT2D eigenvalue weighted by Crippen LogP contribution is -2.32. The lowest BCUT2D eigenvalue weighted by Gasteiger charge is -2.19.